The molecule has 0 amide bonds. The molecule has 2 unspecified atom stereocenters. The lowest BCUT2D eigenvalue weighted by Gasteiger charge is -2.30. The Morgan fingerprint density at radius 1 is 0.750 bits per heavy atom. The maximum Gasteiger partial charge on any atom is 0.350 e. The summed E-state index contributed by atoms with van der Waals surface area (Å²) in [7, 11) is 0. The summed E-state index contributed by atoms with van der Waals surface area (Å²) in [4.78, 5) is 11.8. The molecule has 10 nitrogen and oxygen atoms in total. The van der Waals surface area contributed by atoms with Gasteiger partial charge in [-0.3, -0.25) is 0 Å². The van der Waals surface area contributed by atoms with E-state index in [1.807, 2.05) is 50.3 Å². The molecule has 3 aromatic heterocycles. The zero-order valence-corrected chi connectivity index (χ0v) is 30.4. The molecule has 1 spiro atoms. The van der Waals surface area contributed by atoms with E-state index in [9.17, 15) is 4.79 Å². The molecule has 5 aromatic rings. The minimum absolute atomic E-state index is 0.00205. The Labute approximate surface area is 301 Å². The maximum absolute atomic E-state index is 11.8. The molecule has 52 heavy (non-hydrogen) atoms. The van der Waals surface area contributed by atoms with Crippen LogP contribution in [0.3, 0.4) is 0 Å². The van der Waals surface area contributed by atoms with Crippen LogP contribution in [0, 0.1) is 0 Å². The molecule has 0 saturated carbocycles. The normalized spacial score (nSPS) is 23.4. The minimum Gasteiger partial charge on any atom is -0.488 e. The first kappa shape index (κ1) is 34.3. The Bertz CT molecular complexity index is 2300. The molecule has 0 radical (unpaired) electrons. The molecular formula is C42H44O10. The summed E-state index contributed by atoms with van der Waals surface area (Å²) in [6.07, 6.45) is 14.7. The summed E-state index contributed by atoms with van der Waals surface area (Å²) in [5, 5.41) is 2.40. The van der Waals surface area contributed by atoms with E-state index >= 15 is 0 Å². The topological polar surface area (TPSA) is 115 Å². The van der Waals surface area contributed by atoms with E-state index in [0.717, 1.165) is 41.2 Å². The fraction of sp³-hybridized carbons (Fsp3) is 0.405. The highest BCUT2D eigenvalue weighted by molar-refractivity contribution is 6.01. The van der Waals surface area contributed by atoms with Gasteiger partial charge in [-0.15, -0.1) is 0 Å². The predicted molar refractivity (Wildman–Crippen MR) is 197 cm³/mol. The Balaban J connectivity index is 0.918. The molecule has 10 heteroatoms. The highest BCUT2D eigenvalue weighted by atomic mass is 16.9. The largest absolute Gasteiger partial charge is 0.488 e. The number of fused-ring (bicyclic) bond motifs is 4. The van der Waals surface area contributed by atoms with Crippen molar-refractivity contribution in [3.05, 3.63) is 94.3 Å². The molecule has 2 aromatic carbocycles. The second-order valence-corrected chi connectivity index (χ2v) is 15.0. The Morgan fingerprint density at radius 2 is 1.35 bits per heavy atom. The van der Waals surface area contributed by atoms with Crippen LogP contribution in [0.4, 0.5) is 0 Å². The lowest BCUT2D eigenvalue weighted by atomic mass is 9.96. The number of benzene rings is 2. The zero-order chi connectivity index (χ0) is 36.3. The first-order valence-corrected chi connectivity index (χ1v) is 17.9. The third-order valence-electron chi connectivity index (χ3n) is 10.3. The van der Waals surface area contributed by atoms with Crippen LogP contribution in [-0.4, -0.2) is 42.6 Å². The van der Waals surface area contributed by atoms with E-state index in [0.29, 0.717) is 65.1 Å². The zero-order valence-electron chi connectivity index (χ0n) is 30.4. The SMILES string of the molecule is CC(=CCOc1c2c(cc3occc13)O[C@@]1(C=C2)OC(CCC(C)=CCOc2c3ccoc3cc3oc(=O)ccc23)C(C)(C)O1)CCC1OC1(C)C. The Kier molecular flexibility index (Phi) is 8.59. The second-order valence-electron chi connectivity index (χ2n) is 15.0. The predicted octanol–water partition coefficient (Wildman–Crippen LogP) is 9.63. The maximum atomic E-state index is 11.8. The van der Waals surface area contributed by atoms with Gasteiger partial charge in [0.25, 0.3) is 0 Å². The number of furan rings is 2. The van der Waals surface area contributed by atoms with Crippen LogP contribution in [0.2, 0.25) is 0 Å². The Hall–Kier alpha value is -4.77. The molecule has 3 atom stereocenters. The average molecular weight is 709 g/mol. The highest BCUT2D eigenvalue weighted by Crippen LogP contribution is 2.48. The smallest absolute Gasteiger partial charge is 0.350 e. The highest BCUT2D eigenvalue weighted by Gasteiger charge is 2.54. The molecule has 3 aliphatic heterocycles. The first-order chi connectivity index (χ1) is 24.9. The summed E-state index contributed by atoms with van der Waals surface area (Å²) in [5.74, 6) is 0.495. The average Bonchev–Trinajstić information content (AvgIpc) is 3.49. The van der Waals surface area contributed by atoms with Crippen molar-refractivity contribution < 1.29 is 41.7 Å². The van der Waals surface area contributed by atoms with Crippen LogP contribution in [0.5, 0.6) is 17.2 Å². The van der Waals surface area contributed by atoms with Gasteiger partial charge in [-0.1, -0.05) is 11.1 Å². The monoisotopic (exact) mass is 708 g/mol. The third kappa shape index (κ3) is 6.66. The molecule has 0 aliphatic carbocycles. The molecule has 8 rings (SSSR count). The molecule has 2 saturated heterocycles. The van der Waals surface area contributed by atoms with Gasteiger partial charge in [0.05, 0.1) is 57.7 Å². The van der Waals surface area contributed by atoms with Gasteiger partial charge in [0.1, 0.15) is 47.2 Å². The molecule has 272 valence electrons. The quantitative estimate of drug-likeness (QED) is 0.0705. The van der Waals surface area contributed by atoms with Crippen molar-refractivity contribution in [2.45, 2.75) is 96.6 Å². The van der Waals surface area contributed by atoms with Crippen LogP contribution in [0.1, 0.15) is 72.8 Å². The van der Waals surface area contributed by atoms with E-state index in [4.69, 9.17) is 41.7 Å². The molecule has 2 fully saturated rings. The number of hydrogen-bond donors (Lipinski definition) is 0. The van der Waals surface area contributed by atoms with Gasteiger partial charge >= 0.3 is 11.6 Å². The van der Waals surface area contributed by atoms with Crippen LogP contribution in [0.25, 0.3) is 39.0 Å². The van der Waals surface area contributed by atoms with Gasteiger partial charge < -0.3 is 41.7 Å². The minimum atomic E-state index is -1.38. The first-order valence-electron chi connectivity index (χ1n) is 17.9. The van der Waals surface area contributed by atoms with Crippen molar-refractivity contribution in [2.75, 3.05) is 13.2 Å². The van der Waals surface area contributed by atoms with Crippen LogP contribution in [0.15, 0.2) is 96.3 Å². The molecule has 0 N–H and O–H groups in total. The Morgan fingerprint density at radius 3 is 2.02 bits per heavy atom. The van der Waals surface area contributed by atoms with Crippen LogP contribution >= 0.6 is 0 Å². The van der Waals surface area contributed by atoms with E-state index in [2.05, 4.69) is 33.8 Å². The van der Waals surface area contributed by atoms with Crippen molar-refractivity contribution in [3.8, 4) is 17.2 Å². The van der Waals surface area contributed by atoms with Crippen molar-refractivity contribution >= 4 is 39.0 Å². The van der Waals surface area contributed by atoms with E-state index in [1.54, 1.807) is 24.7 Å². The van der Waals surface area contributed by atoms with E-state index in [1.165, 1.54) is 11.6 Å². The third-order valence-corrected chi connectivity index (χ3v) is 10.3. The number of ether oxygens (including phenoxy) is 6. The van der Waals surface area contributed by atoms with Gasteiger partial charge in [0, 0.05) is 24.3 Å². The second kappa shape index (κ2) is 13.0. The van der Waals surface area contributed by atoms with Gasteiger partial charge in [0.2, 0.25) is 0 Å². The number of rotatable bonds is 12. The number of hydrogen-bond acceptors (Lipinski definition) is 10. The van der Waals surface area contributed by atoms with Gasteiger partial charge in [0.15, 0.2) is 0 Å². The van der Waals surface area contributed by atoms with Crippen molar-refractivity contribution in [1.82, 2.24) is 0 Å². The van der Waals surface area contributed by atoms with Gasteiger partial charge in [-0.05, 0) is 104 Å². The number of allylic oxidation sites excluding steroid dienone is 2. The van der Waals surface area contributed by atoms with Crippen molar-refractivity contribution in [3.63, 3.8) is 0 Å². The summed E-state index contributed by atoms with van der Waals surface area (Å²) in [5.41, 5.74) is 3.83. The lowest BCUT2D eigenvalue weighted by Crippen LogP contribution is -2.38. The summed E-state index contributed by atoms with van der Waals surface area (Å²) in [6, 6.07) is 10.4. The van der Waals surface area contributed by atoms with Crippen LogP contribution in [-0.2, 0) is 14.2 Å². The summed E-state index contributed by atoms with van der Waals surface area (Å²) < 4.78 is 54.7. The van der Waals surface area contributed by atoms with Crippen molar-refractivity contribution in [1.29, 1.82) is 0 Å². The molecule has 3 aliphatic rings. The van der Waals surface area contributed by atoms with Crippen LogP contribution < -0.4 is 19.8 Å². The van der Waals surface area contributed by atoms with E-state index in [-0.39, 0.29) is 11.7 Å². The van der Waals surface area contributed by atoms with Crippen molar-refractivity contribution in [2.24, 2.45) is 0 Å². The molecular weight excluding hydrogens is 664 g/mol. The molecule has 6 heterocycles. The van der Waals surface area contributed by atoms with E-state index < -0.39 is 17.2 Å². The standard InChI is InChI=1S/C42H44O10/c1-25(7-10-35-40(3,4)50-35)15-20-47-39-28-13-18-42(49-34(28)24-32-30(39)17-22-45-32)51-36(41(5,6)52-42)11-8-26(2)14-19-46-38-27-9-12-37(43)48-33(27)23-31-29(38)16-21-44-31/h9,12-18,21-24,35-36H,7-8,10-11,19-20H2,1-6H3/t35?,36?,42-/m0/s1. The van der Waals surface area contributed by atoms with Gasteiger partial charge in [-0.2, -0.15) is 0 Å². The van der Waals surface area contributed by atoms with Gasteiger partial charge in [-0.25, -0.2) is 4.79 Å². The summed E-state index contributed by atoms with van der Waals surface area (Å²) >= 11 is 0. The fourth-order valence-electron chi connectivity index (χ4n) is 7.13. The molecule has 0 bridgehead atoms. The number of epoxide rings is 1. The summed E-state index contributed by atoms with van der Waals surface area (Å²) in [6.45, 7) is 13.3. The lowest BCUT2D eigenvalue weighted by molar-refractivity contribution is -0.270. The fourth-order valence-corrected chi connectivity index (χ4v) is 7.13.